The number of carbonyl (C=O) groups is 2. The van der Waals surface area contributed by atoms with Gasteiger partial charge in [-0.2, -0.15) is 18.4 Å². The average Bonchev–Trinajstić information content (AvgIpc) is 2.82. The van der Waals surface area contributed by atoms with Crippen LogP contribution in [0.5, 0.6) is 0 Å². The minimum Gasteiger partial charge on any atom is -0.466 e. The van der Waals surface area contributed by atoms with E-state index in [4.69, 9.17) is 15.2 Å². The van der Waals surface area contributed by atoms with Crippen LogP contribution in [-0.4, -0.2) is 26.2 Å². The first-order chi connectivity index (χ1) is 16.5. The summed E-state index contributed by atoms with van der Waals surface area (Å²) in [7, 11) is 1.87. The van der Waals surface area contributed by atoms with Crippen molar-refractivity contribution >= 4 is 17.6 Å². The van der Waals surface area contributed by atoms with Crippen LogP contribution in [0.25, 0.3) is 0 Å². The molecule has 2 aromatic rings. The lowest BCUT2D eigenvalue weighted by Crippen LogP contribution is -2.41. The summed E-state index contributed by atoms with van der Waals surface area (Å²) in [5.41, 5.74) is 1.34. The van der Waals surface area contributed by atoms with Crippen molar-refractivity contribution in [2.45, 2.75) is 12.1 Å². The molecule has 1 aliphatic heterocycles. The highest BCUT2D eigenvalue weighted by molar-refractivity contribution is 6.06. The molecule has 1 aliphatic rings. The first-order valence-corrected chi connectivity index (χ1v) is 9.70. The van der Waals surface area contributed by atoms with Gasteiger partial charge in [-0.1, -0.05) is 30.3 Å². The van der Waals surface area contributed by atoms with Gasteiger partial charge in [-0.25, -0.2) is 18.4 Å². The third-order valence-corrected chi connectivity index (χ3v) is 5.21. The van der Waals surface area contributed by atoms with E-state index in [2.05, 4.69) is 0 Å². The lowest BCUT2D eigenvalue weighted by atomic mass is 9.81. The number of nitrogens with two attached hydrogens (primary N) is 1. The van der Waals surface area contributed by atoms with Crippen LogP contribution >= 0.6 is 0 Å². The summed E-state index contributed by atoms with van der Waals surface area (Å²) < 4.78 is 78.7. The molecule has 0 radical (unpaired) electrons. The van der Waals surface area contributed by atoms with Crippen LogP contribution < -0.4 is 10.6 Å². The number of halogens is 5. The van der Waals surface area contributed by atoms with Gasteiger partial charge in [0.25, 0.3) is 0 Å². The second-order valence-electron chi connectivity index (χ2n) is 7.09. The van der Waals surface area contributed by atoms with Crippen LogP contribution in [0.15, 0.2) is 65.1 Å². The number of anilines is 1. The zero-order chi connectivity index (χ0) is 26.1. The molecule has 3 rings (SSSR count). The van der Waals surface area contributed by atoms with E-state index in [1.54, 1.807) is 24.3 Å². The third kappa shape index (κ3) is 4.28. The Morgan fingerprint density at radius 2 is 1.63 bits per heavy atom. The molecular formula is C23H16F5N3O4. The molecule has 7 nitrogen and oxygen atoms in total. The maximum absolute atomic E-state index is 15.1. The number of carbonyl (C=O) groups excluding carboxylic acids is 2. The number of nitriles is 1. The zero-order valence-corrected chi connectivity index (χ0v) is 18.1. The summed E-state index contributed by atoms with van der Waals surface area (Å²) in [6.07, 6.45) is -5.45. The van der Waals surface area contributed by atoms with Crippen LogP contribution in [0.2, 0.25) is 0 Å². The molecule has 0 fully saturated rings. The molecular weight excluding hydrogens is 477 g/mol. The van der Waals surface area contributed by atoms with Gasteiger partial charge < -0.3 is 15.2 Å². The van der Waals surface area contributed by atoms with E-state index in [-0.39, 0.29) is 0 Å². The maximum Gasteiger partial charge on any atom is 0.422 e. The molecule has 2 N–H and O–H groups in total. The maximum atomic E-state index is 15.1. The van der Waals surface area contributed by atoms with E-state index in [9.17, 15) is 32.4 Å². The number of hydrogen-bond donors (Lipinski definition) is 1. The highest BCUT2D eigenvalue weighted by atomic mass is 19.4. The van der Waals surface area contributed by atoms with Crippen molar-refractivity contribution in [1.82, 2.24) is 0 Å². The van der Waals surface area contributed by atoms with Gasteiger partial charge in [0.05, 0.1) is 43.0 Å². The van der Waals surface area contributed by atoms with Gasteiger partial charge in [0.15, 0.2) is 5.82 Å². The van der Waals surface area contributed by atoms with Crippen LogP contribution in [0.3, 0.4) is 0 Å². The molecule has 12 heteroatoms. The number of ether oxygens (including phenoxy) is 2. The molecule has 0 aliphatic carbocycles. The first-order valence-electron chi connectivity index (χ1n) is 9.70. The Hall–Kier alpha value is -4.40. The Balaban J connectivity index is 2.48. The van der Waals surface area contributed by atoms with E-state index >= 15 is 4.39 Å². The van der Waals surface area contributed by atoms with E-state index in [1.165, 1.54) is 12.1 Å². The van der Waals surface area contributed by atoms with Crippen LogP contribution in [0.1, 0.15) is 17.0 Å². The molecule has 0 spiro atoms. The quantitative estimate of drug-likeness (QED) is 0.509. The van der Waals surface area contributed by atoms with Crippen molar-refractivity contribution in [2.24, 2.45) is 5.73 Å². The van der Waals surface area contributed by atoms with Crippen LogP contribution in [-0.2, 0) is 25.2 Å². The van der Waals surface area contributed by atoms with Gasteiger partial charge in [0.1, 0.15) is 22.9 Å². The predicted octanol–water partition coefficient (Wildman–Crippen LogP) is 3.88. The summed E-state index contributed by atoms with van der Waals surface area (Å²) in [5, 5.41) is 9.87. The molecule has 0 amide bonds. The largest absolute Gasteiger partial charge is 0.466 e. The van der Waals surface area contributed by atoms with Gasteiger partial charge in [-0.05, 0) is 17.7 Å². The summed E-state index contributed by atoms with van der Waals surface area (Å²) >= 11 is 0. The fourth-order valence-corrected chi connectivity index (χ4v) is 3.74. The Kier molecular flexibility index (Phi) is 6.82. The van der Waals surface area contributed by atoms with Crippen molar-refractivity contribution in [3.63, 3.8) is 0 Å². The van der Waals surface area contributed by atoms with Crippen molar-refractivity contribution in [3.8, 4) is 6.07 Å². The number of rotatable bonds is 4. The number of benzene rings is 2. The summed E-state index contributed by atoms with van der Waals surface area (Å²) in [6.45, 7) is 0. The molecule has 182 valence electrons. The van der Waals surface area contributed by atoms with Gasteiger partial charge >= 0.3 is 18.1 Å². The molecule has 0 aromatic heterocycles. The fraction of sp³-hybridized carbons (Fsp3) is 0.174. The summed E-state index contributed by atoms with van der Waals surface area (Å²) in [5.74, 6) is -8.50. The first kappa shape index (κ1) is 25.2. The Bertz CT molecular complexity index is 1300. The fourth-order valence-electron chi connectivity index (χ4n) is 3.74. The molecule has 1 atom stereocenters. The molecule has 35 heavy (non-hydrogen) atoms. The number of methoxy groups -OCH3 is 2. The van der Waals surface area contributed by atoms with E-state index in [1.807, 2.05) is 0 Å². The second kappa shape index (κ2) is 9.46. The zero-order valence-electron chi connectivity index (χ0n) is 18.1. The molecule has 0 saturated heterocycles. The van der Waals surface area contributed by atoms with E-state index < -0.39 is 69.6 Å². The van der Waals surface area contributed by atoms with Crippen molar-refractivity contribution < 1.29 is 41.0 Å². The standard InChI is InChI=1S/C23H16F5N3O4/c1-34-21(32)16-15(11-6-4-3-5-7-11)12(10-29)20(30)31(19(16)22(33)35-2)14-9-8-13(24)17(18(14)25)23(26,27)28/h3-9,15H,30H2,1-2H3. The lowest BCUT2D eigenvalue weighted by molar-refractivity contribution is -0.142. The molecule has 1 unspecified atom stereocenters. The monoisotopic (exact) mass is 493 g/mol. The average molecular weight is 493 g/mol. The lowest BCUT2D eigenvalue weighted by Gasteiger charge is -2.36. The summed E-state index contributed by atoms with van der Waals surface area (Å²) in [6, 6.07) is 10.4. The number of alkyl halides is 3. The van der Waals surface area contributed by atoms with Gasteiger partial charge in [-0.15, -0.1) is 0 Å². The molecule has 1 heterocycles. The number of nitrogens with zero attached hydrogens (tertiary/aromatic N) is 2. The molecule has 0 bridgehead atoms. The highest BCUT2D eigenvalue weighted by Gasteiger charge is 2.45. The minimum atomic E-state index is -5.45. The summed E-state index contributed by atoms with van der Waals surface area (Å²) in [4.78, 5) is 26.1. The van der Waals surface area contributed by atoms with Crippen LogP contribution in [0.4, 0.5) is 27.6 Å². The highest BCUT2D eigenvalue weighted by Crippen LogP contribution is 2.45. The topological polar surface area (TPSA) is 106 Å². The van der Waals surface area contributed by atoms with Crippen molar-refractivity contribution in [2.75, 3.05) is 19.1 Å². The Labute approximate surface area is 195 Å². The smallest absolute Gasteiger partial charge is 0.422 e. The number of hydrogen-bond acceptors (Lipinski definition) is 7. The number of esters is 2. The van der Waals surface area contributed by atoms with Crippen LogP contribution in [0, 0.1) is 23.0 Å². The SMILES string of the molecule is COC(=O)C1=C(C(=O)OC)N(c2ccc(F)c(C(F)(F)F)c2F)C(N)=C(C#N)C1c1ccccc1. The Morgan fingerprint density at radius 1 is 1.03 bits per heavy atom. The van der Waals surface area contributed by atoms with E-state index in [0.29, 0.717) is 22.6 Å². The van der Waals surface area contributed by atoms with Crippen molar-refractivity contribution in [1.29, 1.82) is 5.26 Å². The number of allylic oxidation sites excluding steroid dienone is 1. The van der Waals surface area contributed by atoms with E-state index in [0.717, 1.165) is 14.2 Å². The van der Waals surface area contributed by atoms with Gasteiger partial charge in [-0.3, -0.25) is 4.90 Å². The normalized spacial score (nSPS) is 16.2. The Morgan fingerprint density at radius 3 is 2.14 bits per heavy atom. The van der Waals surface area contributed by atoms with Gasteiger partial charge in [0.2, 0.25) is 0 Å². The second-order valence-corrected chi connectivity index (χ2v) is 7.09. The van der Waals surface area contributed by atoms with Crippen molar-refractivity contribution in [3.05, 3.63) is 87.9 Å². The predicted molar refractivity (Wildman–Crippen MR) is 111 cm³/mol. The molecule has 2 aromatic carbocycles. The minimum absolute atomic E-state index is 0.295. The third-order valence-electron chi connectivity index (χ3n) is 5.21. The van der Waals surface area contributed by atoms with Gasteiger partial charge in [0, 0.05) is 0 Å². The molecule has 0 saturated carbocycles.